The fourth-order valence-corrected chi connectivity index (χ4v) is 1.52. The Morgan fingerprint density at radius 3 is 2.69 bits per heavy atom. The third-order valence-corrected chi connectivity index (χ3v) is 2.35. The average molecular weight is 192 g/mol. The maximum atomic E-state index is 5.46. The van der Waals surface area contributed by atoms with Crippen molar-refractivity contribution in [2.24, 2.45) is 0 Å². The van der Waals surface area contributed by atoms with Crippen LogP contribution in [0.3, 0.4) is 0 Å². The zero-order chi connectivity index (χ0) is 9.26. The van der Waals surface area contributed by atoms with E-state index in [4.69, 9.17) is 5.73 Å². The van der Waals surface area contributed by atoms with Crippen molar-refractivity contribution in [3.05, 3.63) is 23.9 Å². The van der Waals surface area contributed by atoms with Crippen molar-refractivity contribution in [1.29, 1.82) is 0 Å². The molecule has 66 valence electrons. The molecule has 0 saturated heterocycles. The molecule has 0 spiro atoms. The number of anilines is 1. The summed E-state index contributed by atoms with van der Waals surface area (Å²) in [7, 11) is 0. The molecule has 0 aliphatic heterocycles. The van der Waals surface area contributed by atoms with Crippen LogP contribution in [0.25, 0.3) is 10.7 Å². The Morgan fingerprint density at radius 2 is 2.15 bits per heavy atom. The Balaban J connectivity index is 2.41. The van der Waals surface area contributed by atoms with E-state index in [0.29, 0.717) is 5.13 Å². The highest BCUT2D eigenvalue weighted by molar-refractivity contribution is 7.18. The summed E-state index contributed by atoms with van der Waals surface area (Å²) in [5, 5.41) is 8.85. The van der Waals surface area contributed by atoms with Gasteiger partial charge >= 0.3 is 0 Å². The van der Waals surface area contributed by atoms with E-state index in [0.717, 1.165) is 16.3 Å². The molecule has 5 heteroatoms. The van der Waals surface area contributed by atoms with Crippen LogP contribution in [0.5, 0.6) is 0 Å². The molecule has 2 heterocycles. The second kappa shape index (κ2) is 3.10. The minimum atomic E-state index is 0.470. The highest BCUT2D eigenvalue weighted by Gasteiger charge is 2.04. The average Bonchev–Trinajstić information content (AvgIpc) is 2.53. The molecule has 0 amide bonds. The predicted molar refractivity (Wildman–Crippen MR) is 52.3 cm³/mol. The van der Waals surface area contributed by atoms with Gasteiger partial charge in [-0.2, -0.15) is 0 Å². The molecule has 0 aliphatic rings. The molecule has 0 saturated carbocycles. The molecule has 2 aromatic heterocycles. The van der Waals surface area contributed by atoms with Crippen LogP contribution in [-0.2, 0) is 0 Å². The Hall–Kier alpha value is -1.49. The second-order valence-corrected chi connectivity index (χ2v) is 3.68. The molecule has 0 aromatic carbocycles. The predicted octanol–water partition coefficient (Wildman–Crippen LogP) is 1.49. The van der Waals surface area contributed by atoms with Gasteiger partial charge in [0.15, 0.2) is 5.01 Å². The quantitative estimate of drug-likeness (QED) is 0.743. The van der Waals surface area contributed by atoms with Crippen molar-refractivity contribution in [2.45, 2.75) is 6.92 Å². The molecule has 2 rings (SSSR count). The van der Waals surface area contributed by atoms with E-state index in [1.807, 2.05) is 19.1 Å². The van der Waals surface area contributed by atoms with Gasteiger partial charge in [-0.15, -0.1) is 10.2 Å². The highest BCUT2D eigenvalue weighted by Crippen LogP contribution is 2.22. The standard InChI is InChI=1S/C8H8N4S/c1-5-2-3-6(10-4-5)7-11-12-8(9)13-7/h2-4H,1H3,(H2,9,12). The lowest BCUT2D eigenvalue weighted by Crippen LogP contribution is -1.83. The second-order valence-electron chi connectivity index (χ2n) is 2.67. The molecule has 0 radical (unpaired) electrons. The van der Waals surface area contributed by atoms with Crippen LogP contribution in [0.4, 0.5) is 5.13 Å². The highest BCUT2D eigenvalue weighted by atomic mass is 32.1. The van der Waals surface area contributed by atoms with Gasteiger partial charge in [0.1, 0.15) is 5.69 Å². The van der Waals surface area contributed by atoms with Crippen LogP contribution in [0.2, 0.25) is 0 Å². The van der Waals surface area contributed by atoms with E-state index in [-0.39, 0.29) is 0 Å². The molecular formula is C8H8N4S. The summed E-state index contributed by atoms with van der Waals surface area (Å²) in [4.78, 5) is 4.21. The van der Waals surface area contributed by atoms with E-state index in [9.17, 15) is 0 Å². The summed E-state index contributed by atoms with van der Waals surface area (Å²) in [6.07, 6.45) is 1.80. The van der Waals surface area contributed by atoms with Crippen molar-refractivity contribution in [1.82, 2.24) is 15.2 Å². The molecule has 13 heavy (non-hydrogen) atoms. The summed E-state index contributed by atoms with van der Waals surface area (Å²) < 4.78 is 0. The van der Waals surface area contributed by atoms with Crippen LogP contribution in [0, 0.1) is 6.92 Å². The third-order valence-electron chi connectivity index (χ3n) is 1.57. The van der Waals surface area contributed by atoms with Crippen molar-refractivity contribution in [3.63, 3.8) is 0 Å². The number of rotatable bonds is 1. The number of aryl methyl sites for hydroxylation is 1. The third kappa shape index (κ3) is 1.65. The minimum absolute atomic E-state index is 0.470. The molecule has 0 fully saturated rings. The summed E-state index contributed by atoms with van der Waals surface area (Å²) in [5.74, 6) is 0. The van der Waals surface area contributed by atoms with Gasteiger partial charge < -0.3 is 5.73 Å². The van der Waals surface area contributed by atoms with E-state index >= 15 is 0 Å². The number of aromatic nitrogens is 3. The molecule has 0 bridgehead atoms. The van der Waals surface area contributed by atoms with Crippen molar-refractivity contribution >= 4 is 16.5 Å². The fraction of sp³-hybridized carbons (Fsp3) is 0.125. The summed E-state index contributed by atoms with van der Waals surface area (Å²) in [5.41, 5.74) is 7.41. The van der Waals surface area contributed by atoms with E-state index in [1.165, 1.54) is 11.3 Å². The SMILES string of the molecule is Cc1ccc(-c2nnc(N)s2)nc1. The lowest BCUT2D eigenvalue weighted by molar-refractivity contribution is 1.09. The van der Waals surface area contributed by atoms with Crippen molar-refractivity contribution < 1.29 is 0 Å². The van der Waals surface area contributed by atoms with Crippen LogP contribution < -0.4 is 5.73 Å². The van der Waals surface area contributed by atoms with E-state index < -0.39 is 0 Å². The summed E-state index contributed by atoms with van der Waals surface area (Å²) >= 11 is 1.34. The lowest BCUT2D eigenvalue weighted by atomic mass is 10.3. The van der Waals surface area contributed by atoms with Crippen LogP contribution in [-0.4, -0.2) is 15.2 Å². The number of nitrogen functional groups attached to an aromatic ring is 1. The first-order valence-electron chi connectivity index (χ1n) is 3.78. The normalized spacial score (nSPS) is 10.2. The van der Waals surface area contributed by atoms with Gasteiger partial charge in [0.25, 0.3) is 0 Å². The largest absolute Gasteiger partial charge is 0.374 e. The van der Waals surface area contributed by atoms with Crippen molar-refractivity contribution in [3.8, 4) is 10.7 Å². The van der Waals surface area contributed by atoms with Gasteiger partial charge in [0, 0.05) is 6.20 Å². The minimum Gasteiger partial charge on any atom is -0.374 e. The summed E-state index contributed by atoms with van der Waals surface area (Å²) in [6.45, 7) is 1.99. The van der Waals surface area contributed by atoms with E-state index in [1.54, 1.807) is 6.20 Å². The maximum Gasteiger partial charge on any atom is 0.203 e. The molecule has 4 nitrogen and oxygen atoms in total. The molecule has 2 aromatic rings. The summed E-state index contributed by atoms with van der Waals surface area (Å²) in [6, 6.07) is 3.90. The Labute approximate surface area is 79.5 Å². The topological polar surface area (TPSA) is 64.7 Å². The Bertz CT molecular complexity index is 406. The Morgan fingerprint density at radius 1 is 1.31 bits per heavy atom. The van der Waals surface area contributed by atoms with Crippen molar-refractivity contribution in [2.75, 3.05) is 5.73 Å². The van der Waals surface area contributed by atoms with E-state index in [2.05, 4.69) is 15.2 Å². The zero-order valence-electron chi connectivity index (χ0n) is 7.06. The number of hydrogen-bond donors (Lipinski definition) is 1. The molecule has 0 atom stereocenters. The van der Waals surface area contributed by atoms with Gasteiger partial charge in [-0.05, 0) is 18.6 Å². The maximum absolute atomic E-state index is 5.46. The number of pyridine rings is 1. The van der Waals surface area contributed by atoms with Gasteiger partial charge in [0.05, 0.1) is 0 Å². The number of nitrogens with zero attached hydrogens (tertiary/aromatic N) is 3. The first-order valence-corrected chi connectivity index (χ1v) is 4.59. The van der Waals surface area contributed by atoms with Gasteiger partial charge in [-0.25, -0.2) is 0 Å². The van der Waals surface area contributed by atoms with Gasteiger partial charge in [-0.3, -0.25) is 4.98 Å². The van der Waals surface area contributed by atoms with Gasteiger partial charge in [0.2, 0.25) is 5.13 Å². The fourth-order valence-electron chi connectivity index (χ4n) is 0.932. The van der Waals surface area contributed by atoms with Crippen LogP contribution in [0.15, 0.2) is 18.3 Å². The molecular weight excluding hydrogens is 184 g/mol. The number of nitrogens with two attached hydrogens (primary N) is 1. The number of hydrogen-bond acceptors (Lipinski definition) is 5. The monoisotopic (exact) mass is 192 g/mol. The molecule has 0 aliphatic carbocycles. The first-order chi connectivity index (χ1) is 6.25. The molecule has 2 N–H and O–H groups in total. The van der Waals surface area contributed by atoms with Crippen LogP contribution in [0.1, 0.15) is 5.56 Å². The molecule has 0 unspecified atom stereocenters. The Kier molecular flexibility index (Phi) is 1.94. The van der Waals surface area contributed by atoms with Gasteiger partial charge in [-0.1, -0.05) is 17.4 Å². The zero-order valence-corrected chi connectivity index (χ0v) is 7.88. The van der Waals surface area contributed by atoms with Crippen LogP contribution >= 0.6 is 11.3 Å². The lowest BCUT2D eigenvalue weighted by Gasteiger charge is -1.93. The smallest absolute Gasteiger partial charge is 0.203 e. The first kappa shape index (κ1) is 8.12.